The largest absolute Gasteiger partial charge is 0.302 e. The summed E-state index contributed by atoms with van der Waals surface area (Å²) < 4.78 is 0. The van der Waals surface area contributed by atoms with Crippen molar-refractivity contribution in [2.75, 3.05) is 13.6 Å². The first-order valence-corrected chi connectivity index (χ1v) is 4.26. The zero-order valence-corrected chi connectivity index (χ0v) is 8.04. The number of likely N-dealkylation sites (N-methyl/N-ethyl adjacent to an activating group) is 1. The van der Waals surface area contributed by atoms with Crippen LogP contribution in [0.4, 0.5) is 0 Å². The van der Waals surface area contributed by atoms with Gasteiger partial charge in [-0.15, -0.1) is 0 Å². The van der Waals surface area contributed by atoms with E-state index < -0.39 is 0 Å². The summed E-state index contributed by atoms with van der Waals surface area (Å²) in [6, 6.07) is -0.0982. The van der Waals surface area contributed by atoms with Crippen LogP contribution in [0.2, 0.25) is 0 Å². The van der Waals surface area contributed by atoms with Gasteiger partial charge in [0.2, 0.25) is 0 Å². The predicted molar refractivity (Wildman–Crippen MR) is 48.1 cm³/mol. The minimum Gasteiger partial charge on any atom is -0.302 e. The van der Waals surface area contributed by atoms with Crippen LogP contribution in [0.15, 0.2) is 0 Å². The number of carbonyl (C=O) groups is 2. The van der Waals surface area contributed by atoms with Crippen LogP contribution < -0.4 is 0 Å². The molecule has 0 aromatic rings. The summed E-state index contributed by atoms with van der Waals surface area (Å²) in [6.07, 6.45) is 2.04. The Hall–Kier alpha value is -0.700. The van der Waals surface area contributed by atoms with E-state index in [1.165, 1.54) is 0 Å². The lowest BCUT2D eigenvalue weighted by atomic mass is 10.1. The van der Waals surface area contributed by atoms with Crippen LogP contribution in [0.3, 0.4) is 0 Å². The summed E-state index contributed by atoms with van der Waals surface area (Å²) in [5.74, 6) is 0.145. The maximum atomic E-state index is 10.6. The highest BCUT2D eigenvalue weighted by molar-refractivity contribution is 5.76. The highest BCUT2D eigenvalue weighted by atomic mass is 16.1. The molecule has 0 aliphatic rings. The molecule has 0 aliphatic carbocycles. The third kappa shape index (κ3) is 4.23. The number of rotatable bonds is 6. The molecule has 1 atom stereocenters. The van der Waals surface area contributed by atoms with E-state index in [0.29, 0.717) is 12.8 Å². The molecule has 0 saturated heterocycles. The number of hydrogen-bond acceptors (Lipinski definition) is 3. The number of aldehydes is 1. The predicted octanol–water partition coefficient (Wildman–Crippen LogP) is 0.875. The van der Waals surface area contributed by atoms with E-state index in [1.54, 1.807) is 6.92 Å². The van der Waals surface area contributed by atoms with Crippen LogP contribution in [-0.4, -0.2) is 36.6 Å². The van der Waals surface area contributed by atoms with E-state index in [9.17, 15) is 9.59 Å². The minimum atomic E-state index is -0.0982. The van der Waals surface area contributed by atoms with Gasteiger partial charge in [-0.3, -0.25) is 4.90 Å². The Kier molecular flexibility index (Phi) is 5.54. The van der Waals surface area contributed by atoms with Crippen molar-refractivity contribution in [2.24, 2.45) is 0 Å². The molecule has 0 bridgehead atoms. The second-order valence-corrected chi connectivity index (χ2v) is 3.02. The number of carbonyl (C=O) groups excluding carboxylic acids is 2. The van der Waals surface area contributed by atoms with Crippen molar-refractivity contribution in [3.8, 4) is 0 Å². The van der Waals surface area contributed by atoms with Crippen molar-refractivity contribution >= 4 is 12.1 Å². The maximum Gasteiger partial charge on any atom is 0.137 e. The standard InChI is InChI=1S/C9H17NO2/c1-4-10(3)9(7-11)6-5-8(2)12/h7,9H,4-6H2,1-3H3. The maximum absolute atomic E-state index is 10.6. The Balaban J connectivity index is 3.82. The topological polar surface area (TPSA) is 37.4 Å². The Morgan fingerprint density at radius 1 is 1.58 bits per heavy atom. The van der Waals surface area contributed by atoms with Crippen molar-refractivity contribution in [2.45, 2.75) is 32.7 Å². The van der Waals surface area contributed by atoms with Crippen LogP contribution in [0, 0.1) is 0 Å². The van der Waals surface area contributed by atoms with Gasteiger partial charge in [0.15, 0.2) is 0 Å². The molecule has 0 fully saturated rings. The molecular formula is C9H17NO2. The SMILES string of the molecule is CCN(C)C(C=O)CCC(C)=O. The summed E-state index contributed by atoms with van der Waals surface area (Å²) in [4.78, 5) is 23.1. The van der Waals surface area contributed by atoms with Crippen LogP contribution in [-0.2, 0) is 9.59 Å². The van der Waals surface area contributed by atoms with Gasteiger partial charge in [-0.25, -0.2) is 0 Å². The summed E-state index contributed by atoms with van der Waals surface area (Å²) >= 11 is 0. The van der Waals surface area contributed by atoms with Gasteiger partial charge < -0.3 is 9.59 Å². The number of Topliss-reactive ketones (excluding diaryl/α,β-unsaturated/α-hetero) is 1. The molecule has 12 heavy (non-hydrogen) atoms. The molecule has 0 aromatic heterocycles. The number of ketones is 1. The molecule has 0 aromatic carbocycles. The van der Waals surface area contributed by atoms with Crippen LogP contribution >= 0.6 is 0 Å². The zero-order valence-electron chi connectivity index (χ0n) is 8.04. The summed E-state index contributed by atoms with van der Waals surface area (Å²) in [7, 11) is 1.89. The molecule has 0 spiro atoms. The Morgan fingerprint density at radius 3 is 2.50 bits per heavy atom. The first-order valence-electron chi connectivity index (χ1n) is 4.26. The second kappa shape index (κ2) is 5.89. The van der Waals surface area contributed by atoms with Gasteiger partial charge >= 0.3 is 0 Å². The van der Waals surface area contributed by atoms with Gasteiger partial charge in [0.25, 0.3) is 0 Å². The number of nitrogens with zero attached hydrogens (tertiary/aromatic N) is 1. The van der Waals surface area contributed by atoms with Crippen molar-refractivity contribution in [3.05, 3.63) is 0 Å². The highest BCUT2D eigenvalue weighted by Gasteiger charge is 2.11. The van der Waals surface area contributed by atoms with Crippen molar-refractivity contribution in [1.82, 2.24) is 4.90 Å². The molecule has 0 saturated carbocycles. The Morgan fingerprint density at radius 2 is 2.17 bits per heavy atom. The Bertz CT molecular complexity index is 157. The number of hydrogen-bond donors (Lipinski definition) is 0. The molecule has 3 nitrogen and oxygen atoms in total. The van der Waals surface area contributed by atoms with Crippen LogP contribution in [0.25, 0.3) is 0 Å². The molecule has 3 heteroatoms. The Labute approximate surface area is 73.7 Å². The van der Waals surface area contributed by atoms with Crippen molar-refractivity contribution in [3.63, 3.8) is 0 Å². The van der Waals surface area contributed by atoms with E-state index in [0.717, 1.165) is 12.8 Å². The summed E-state index contributed by atoms with van der Waals surface area (Å²) in [6.45, 7) is 4.37. The highest BCUT2D eigenvalue weighted by Crippen LogP contribution is 2.02. The average molecular weight is 171 g/mol. The van der Waals surface area contributed by atoms with E-state index >= 15 is 0 Å². The van der Waals surface area contributed by atoms with Crippen molar-refractivity contribution in [1.29, 1.82) is 0 Å². The molecule has 0 radical (unpaired) electrons. The molecule has 1 unspecified atom stereocenters. The molecule has 0 aliphatic heterocycles. The van der Waals surface area contributed by atoms with Crippen LogP contribution in [0.5, 0.6) is 0 Å². The van der Waals surface area contributed by atoms with Gasteiger partial charge in [0.1, 0.15) is 12.1 Å². The van der Waals surface area contributed by atoms with E-state index in [2.05, 4.69) is 0 Å². The lowest BCUT2D eigenvalue weighted by Gasteiger charge is -2.20. The van der Waals surface area contributed by atoms with E-state index in [4.69, 9.17) is 0 Å². The zero-order chi connectivity index (χ0) is 9.56. The lowest BCUT2D eigenvalue weighted by Crippen LogP contribution is -2.33. The lowest BCUT2D eigenvalue weighted by molar-refractivity contribution is -0.117. The van der Waals surface area contributed by atoms with Crippen LogP contribution in [0.1, 0.15) is 26.7 Å². The molecule has 0 N–H and O–H groups in total. The molecular weight excluding hydrogens is 154 g/mol. The van der Waals surface area contributed by atoms with Crippen molar-refractivity contribution < 1.29 is 9.59 Å². The van der Waals surface area contributed by atoms with E-state index in [-0.39, 0.29) is 11.8 Å². The average Bonchev–Trinajstić information content (AvgIpc) is 2.04. The molecule has 0 heterocycles. The van der Waals surface area contributed by atoms with Gasteiger partial charge in [0.05, 0.1) is 6.04 Å². The summed E-state index contributed by atoms with van der Waals surface area (Å²) in [5, 5.41) is 0. The first kappa shape index (κ1) is 11.3. The van der Waals surface area contributed by atoms with Gasteiger partial charge in [0, 0.05) is 6.42 Å². The second-order valence-electron chi connectivity index (χ2n) is 3.02. The fraction of sp³-hybridized carbons (Fsp3) is 0.778. The molecule has 0 rings (SSSR count). The quantitative estimate of drug-likeness (QED) is 0.557. The monoisotopic (exact) mass is 171 g/mol. The molecule has 70 valence electrons. The minimum absolute atomic E-state index is 0.0982. The summed E-state index contributed by atoms with van der Waals surface area (Å²) in [5.41, 5.74) is 0. The van der Waals surface area contributed by atoms with E-state index in [1.807, 2.05) is 18.9 Å². The van der Waals surface area contributed by atoms with Gasteiger partial charge in [-0.05, 0) is 26.9 Å². The first-order chi connectivity index (χ1) is 5.61. The third-order valence-electron chi connectivity index (χ3n) is 2.01. The fourth-order valence-corrected chi connectivity index (χ4v) is 0.978. The normalized spacial score (nSPS) is 13.0. The van der Waals surface area contributed by atoms with Gasteiger partial charge in [-0.2, -0.15) is 0 Å². The smallest absolute Gasteiger partial charge is 0.137 e. The third-order valence-corrected chi connectivity index (χ3v) is 2.01. The van der Waals surface area contributed by atoms with Gasteiger partial charge in [-0.1, -0.05) is 6.92 Å². The fourth-order valence-electron chi connectivity index (χ4n) is 0.978. The molecule has 0 amide bonds.